The maximum atomic E-state index is 14.0. The lowest BCUT2D eigenvalue weighted by Gasteiger charge is -2.19. The highest BCUT2D eigenvalue weighted by Gasteiger charge is 2.28. The van der Waals surface area contributed by atoms with E-state index in [4.69, 9.17) is 5.73 Å². The second kappa shape index (κ2) is 6.50. The van der Waals surface area contributed by atoms with Crippen LogP contribution >= 0.6 is 12.4 Å². The largest absolute Gasteiger partial charge is 0.337 e. The Kier molecular flexibility index (Phi) is 4.87. The van der Waals surface area contributed by atoms with Crippen LogP contribution in [-0.2, 0) is 0 Å². The third-order valence-corrected chi connectivity index (χ3v) is 3.86. The highest BCUT2D eigenvalue weighted by Crippen LogP contribution is 2.23. The van der Waals surface area contributed by atoms with E-state index in [1.54, 1.807) is 4.90 Å². The van der Waals surface area contributed by atoms with Gasteiger partial charge in [0.25, 0.3) is 5.91 Å². The zero-order chi connectivity index (χ0) is 15.0. The van der Waals surface area contributed by atoms with Crippen LogP contribution in [0, 0.1) is 5.82 Å². The monoisotopic (exact) mass is 328 g/mol. The number of nitrogens with two attached hydrogens (primary N) is 1. The molecular weight excluding hydrogens is 311 g/mol. The summed E-state index contributed by atoms with van der Waals surface area (Å²) in [5.74, 6) is -0.953. The minimum absolute atomic E-state index is 0. The molecule has 3 rings (SSSR count). The number of nitrogens with one attached hydrogen (secondary N) is 1. The fraction of sp³-hybridized carbons (Fsp3) is 0.429. The van der Waals surface area contributed by atoms with Crippen LogP contribution in [0.15, 0.2) is 18.2 Å². The van der Waals surface area contributed by atoms with E-state index in [9.17, 15) is 14.0 Å². The number of amides is 3. The summed E-state index contributed by atoms with van der Waals surface area (Å²) < 4.78 is 14.0. The summed E-state index contributed by atoms with van der Waals surface area (Å²) in [6.45, 7) is 2.02. The molecule has 3 amide bonds. The highest BCUT2D eigenvalue weighted by atomic mass is 35.5. The van der Waals surface area contributed by atoms with Crippen LogP contribution in [0.1, 0.15) is 16.8 Å². The van der Waals surface area contributed by atoms with Gasteiger partial charge in [0.05, 0.1) is 5.56 Å². The number of anilines is 1. The van der Waals surface area contributed by atoms with E-state index in [-0.39, 0.29) is 36.0 Å². The van der Waals surface area contributed by atoms with Gasteiger partial charge in [-0.1, -0.05) is 0 Å². The van der Waals surface area contributed by atoms with E-state index in [0.29, 0.717) is 31.9 Å². The Morgan fingerprint density at radius 1 is 1.36 bits per heavy atom. The van der Waals surface area contributed by atoms with Gasteiger partial charge in [0.2, 0.25) is 0 Å². The third kappa shape index (κ3) is 3.00. The van der Waals surface area contributed by atoms with Crippen LogP contribution < -0.4 is 16.0 Å². The molecule has 120 valence electrons. The molecule has 8 heteroatoms. The van der Waals surface area contributed by atoms with E-state index >= 15 is 0 Å². The number of halogens is 2. The third-order valence-electron chi connectivity index (χ3n) is 3.86. The van der Waals surface area contributed by atoms with Crippen LogP contribution in [0.3, 0.4) is 0 Å². The van der Waals surface area contributed by atoms with Gasteiger partial charge in [-0.15, -0.1) is 12.4 Å². The molecule has 2 aliphatic rings. The number of hydrogen-bond acceptors (Lipinski definition) is 3. The second-order valence-electron chi connectivity index (χ2n) is 5.35. The predicted molar refractivity (Wildman–Crippen MR) is 82.9 cm³/mol. The standard InChI is InChI=1S/C14H17FN4O2.ClH/c15-12-2-1-10(19-6-4-17-14(19)21)7-11(12)13(20)18-5-3-9(16)8-18;/h1-2,7,9H,3-6,8,16H2,(H,17,21);1H/t9-;/m1./s1. The Morgan fingerprint density at radius 2 is 2.14 bits per heavy atom. The van der Waals surface area contributed by atoms with E-state index in [0.717, 1.165) is 6.42 Å². The molecule has 1 aromatic rings. The number of urea groups is 1. The van der Waals surface area contributed by atoms with Crippen LogP contribution in [0.2, 0.25) is 0 Å². The van der Waals surface area contributed by atoms with E-state index in [1.165, 1.54) is 23.1 Å². The summed E-state index contributed by atoms with van der Waals surface area (Å²) in [6.07, 6.45) is 0.724. The van der Waals surface area contributed by atoms with Gasteiger partial charge in [-0.25, -0.2) is 9.18 Å². The van der Waals surface area contributed by atoms with Gasteiger partial charge in [-0.2, -0.15) is 0 Å². The van der Waals surface area contributed by atoms with Crippen molar-refractivity contribution in [2.75, 3.05) is 31.1 Å². The Labute approximate surface area is 133 Å². The van der Waals surface area contributed by atoms with E-state index < -0.39 is 5.82 Å². The summed E-state index contributed by atoms with van der Waals surface area (Å²) in [5.41, 5.74) is 6.29. The SMILES string of the molecule is Cl.N[C@@H]1CCN(C(=O)c2cc(N3CCNC3=O)ccc2F)C1. The lowest BCUT2D eigenvalue weighted by Crippen LogP contribution is -2.33. The van der Waals surface area contributed by atoms with Gasteiger partial charge in [0, 0.05) is 37.9 Å². The number of likely N-dealkylation sites (tertiary alicyclic amines) is 1. The summed E-state index contributed by atoms with van der Waals surface area (Å²) >= 11 is 0. The first-order valence-electron chi connectivity index (χ1n) is 6.96. The minimum atomic E-state index is -0.580. The first-order valence-corrected chi connectivity index (χ1v) is 6.96. The fourth-order valence-corrected chi connectivity index (χ4v) is 2.71. The summed E-state index contributed by atoms with van der Waals surface area (Å²) in [7, 11) is 0. The Hall–Kier alpha value is -1.86. The molecule has 2 saturated heterocycles. The van der Waals surface area contributed by atoms with Crippen molar-refractivity contribution in [1.82, 2.24) is 10.2 Å². The number of carbonyl (C=O) groups excluding carboxylic acids is 2. The van der Waals surface area contributed by atoms with E-state index in [2.05, 4.69) is 5.32 Å². The lowest BCUT2D eigenvalue weighted by molar-refractivity contribution is 0.0786. The van der Waals surface area contributed by atoms with Gasteiger partial charge in [-0.3, -0.25) is 9.69 Å². The van der Waals surface area contributed by atoms with Gasteiger partial charge in [0.1, 0.15) is 5.82 Å². The number of hydrogen-bond donors (Lipinski definition) is 2. The van der Waals surface area contributed by atoms with Crippen molar-refractivity contribution in [3.8, 4) is 0 Å². The number of nitrogens with zero attached hydrogens (tertiary/aromatic N) is 2. The molecular formula is C14H18ClFN4O2. The van der Waals surface area contributed by atoms with Crippen LogP contribution in [0.5, 0.6) is 0 Å². The quantitative estimate of drug-likeness (QED) is 0.848. The van der Waals surface area contributed by atoms with E-state index in [1.807, 2.05) is 0 Å². The summed E-state index contributed by atoms with van der Waals surface area (Å²) in [4.78, 5) is 27.1. The van der Waals surface area contributed by atoms with Gasteiger partial charge in [-0.05, 0) is 24.6 Å². The average Bonchev–Trinajstić information content (AvgIpc) is 3.07. The molecule has 3 N–H and O–H groups in total. The molecule has 0 spiro atoms. The minimum Gasteiger partial charge on any atom is -0.337 e. The fourth-order valence-electron chi connectivity index (χ4n) is 2.71. The topological polar surface area (TPSA) is 78.7 Å². The maximum Gasteiger partial charge on any atom is 0.321 e. The smallest absolute Gasteiger partial charge is 0.321 e. The van der Waals surface area contributed by atoms with Gasteiger partial charge < -0.3 is 16.0 Å². The Balaban J connectivity index is 0.00000176. The van der Waals surface area contributed by atoms with Crippen molar-refractivity contribution in [3.05, 3.63) is 29.6 Å². The molecule has 22 heavy (non-hydrogen) atoms. The summed E-state index contributed by atoms with van der Waals surface area (Å²) in [6, 6.07) is 3.89. The molecule has 2 heterocycles. The zero-order valence-electron chi connectivity index (χ0n) is 11.9. The van der Waals surface area contributed by atoms with Crippen molar-refractivity contribution in [2.24, 2.45) is 5.73 Å². The number of benzene rings is 1. The molecule has 6 nitrogen and oxygen atoms in total. The Bertz CT molecular complexity index is 598. The van der Waals surface area contributed by atoms with Crippen LogP contribution in [-0.4, -0.2) is 49.1 Å². The lowest BCUT2D eigenvalue weighted by atomic mass is 10.1. The number of rotatable bonds is 2. The van der Waals surface area contributed by atoms with Crippen LogP contribution in [0.25, 0.3) is 0 Å². The molecule has 0 unspecified atom stereocenters. The molecule has 1 atom stereocenters. The molecule has 1 aromatic carbocycles. The molecule has 0 aromatic heterocycles. The van der Waals surface area contributed by atoms with Crippen LogP contribution in [0.4, 0.5) is 14.9 Å². The first-order chi connectivity index (χ1) is 10.1. The van der Waals surface area contributed by atoms with Crippen molar-refractivity contribution in [2.45, 2.75) is 12.5 Å². The zero-order valence-corrected chi connectivity index (χ0v) is 12.7. The van der Waals surface area contributed by atoms with Crippen molar-refractivity contribution < 1.29 is 14.0 Å². The number of carbonyl (C=O) groups is 2. The second-order valence-corrected chi connectivity index (χ2v) is 5.35. The first kappa shape index (κ1) is 16.5. The summed E-state index contributed by atoms with van der Waals surface area (Å²) in [5, 5.41) is 2.67. The Morgan fingerprint density at radius 3 is 2.73 bits per heavy atom. The normalized spacial score (nSPS) is 20.8. The molecule has 0 radical (unpaired) electrons. The molecule has 0 bridgehead atoms. The molecule has 0 aliphatic carbocycles. The highest BCUT2D eigenvalue weighted by molar-refractivity contribution is 5.98. The predicted octanol–water partition coefficient (Wildman–Crippen LogP) is 0.950. The van der Waals surface area contributed by atoms with Crippen molar-refractivity contribution >= 4 is 30.0 Å². The maximum absolute atomic E-state index is 14.0. The van der Waals surface area contributed by atoms with Crippen molar-refractivity contribution in [3.63, 3.8) is 0 Å². The van der Waals surface area contributed by atoms with Gasteiger partial charge in [0.15, 0.2) is 0 Å². The average molecular weight is 329 g/mol. The van der Waals surface area contributed by atoms with Gasteiger partial charge >= 0.3 is 6.03 Å². The molecule has 2 aliphatic heterocycles. The molecule has 0 saturated carbocycles. The molecule has 2 fully saturated rings. The van der Waals surface area contributed by atoms with Crippen molar-refractivity contribution in [1.29, 1.82) is 0 Å².